The fourth-order valence-corrected chi connectivity index (χ4v) is 5.32. The van der Waals surface area contributed by atoms with Gasteiger partial charge < -0.3 is 4.52 Å². The van der Waals surface area contributed by atoms with Gasteiger partial charge in [0.15, 0.2) is 0 Å². The molecule has 0 atom stereocenters. The van der Waals surface area contributed by atoms with E-state index in [0.717, 1.165) is 5.56 Å². The van der Waals surface area contributed by atoms with Crippen LogP contribution in [0.1, 0.15) is 31.1 Å². The molecule has 0 aliphatic heterocycles. The van der Waals surface area contributed by atoms with E-state index in [9.17, 15) is 8.42 Å². The van der Waals surface area contributed by atoms with Crippen LogP contribution >= 0.6 is 11.3 Å². The Hall–Kier alpha value is -2.04. The zero-order valence-corrected chi connectivity index (χ0v) is 16.8. The molecular formula is C16H21N5O3S2. The van der Waals surface area contributed by atoms with E-state index in [1.165, 1.54) is 4.31 Å². The van der Waals surface area contributed by atoms with Crippen molar-refractivity contribution in [3.8, 4) is 11.4 Å². The van der Waals surface area contributed by atoms with Gasteiger partial charge in [0.05, 0.1) is 11.4 Å². The summed E-state index contributed by atoms with van der Waals surface area (Å²) in [4.78, 5) is 4.61. The molecule has 0 aliphatic carbocycles. The van der Waals surface area contributed by atoms with Crippen molar-refractivity contribution in [2.45, 2.75) is 39.1 Å². The summed E-state index contributed by atoms with van der Waals surface area (Å²) in [6.07, 6.45) is 0. The Morgan fingerprint density at radius 3 is 2.62 bits per heavy atom. The number of rotatable bonds is 7. The third-order valence-corrected chi connectivity index (χ3v) is 7.14. The van der Waals surface area contributed by atoms with Gasteiger partial charge in [0.2, 0.25) is 21.7 Å². The van der Waals surface area contributed by atoms with Crippen LogP contribution < -0.4 is 0 Å². The van der Waals surface area contributed by atoms with Crippen LogP contribution in [-0.4, -0.2) is 45.7 Å². The van der Waals surface area contributed by atoms with Crippen molar-refractivity contribution >= 4 is 21.4 Å². The van der Waals surface area contributed by atoms with Gasteiger partial charge >= 0.3 is 0 Å². The summed E-state index contributed by atoms with van der Waals surface area (Å²) in [5.41, 5.74) is 1.92. The fraction of sp³-hybridized carbons (Fsp3) is 0.438. The maximum Gasteiger partial charge on any atom is 0.248 e. The topological polar surface area (TPSA) is 94.1 Å². The predicted octanol–water partition coefficient (Wildman–Crippen LogP) is 2.69. The minimum Gasteiger partial charge on any atom is -0.337 e. The first-order valence-corrected chi connectivity index (χ1v) is 10.7. The third-order valence-electron chi connectivity index (χ3n) is 4.15. The van der Waals surface area contributed by atoms with Gasteiger partial charge in [-0.25, -0.2) is 8.42 Å². The van der Waals surface area contributed by atoms with Crippen LogP contribution in [0.15, 0.2) is 26.2 Å². The van der Waals surface area contributed by atoms with Gasteiger partial charge in [-0.1, -0.05) is 19.0 Å². The lowest BCUT2D eigenvalue weighted by molar-refractivity contribution is 0.364. The summed E-state index contributed by atoms with van der Waals surface area (Å²) in [5, 5.41) is 12.2. The van der Waals surface area contributed by atoms with Gasteiger partial charge in [-0.3, -0.25) is 4.68 Å². The lowest BCUT2D eigenvalue weighted by atomic mass is 10.3. The molecule has 8 nitrogen and oxygen atoms in total. The van der Waals surface area contributed by atoms with Gasteiger partial charge in [-0.2, -0.15) is 25.7 Å². The highest BCUT2D eigenvalue weighted by Gasteiger charge is 2.29. The molecule has 0 fully saturated rings. The molecule has 3 aromatic rings. The second-order valence-electron chi connectivity index (χ2n) is 5.77. The van der Waals surface area contributed by atoms with Gasteiger partial charge in [0, 0.05) is 24.0 Å². The summed E-state index contributed by atoms with van der Waals surface area (Å²) < 4.78 is 34.1. The lowest BCUT2D eigenvalue weighted by Crippen LogP contribution is -2.31. The molecule has 0 aromatic carbocycles. The molecule has 0 radical (unpaired) electrons. The molecule has 3 aromatic heterocycles. The summed E-state index contributed by atoms with van der Waals surface area (Å²) in [7, 11) is -3.58. The molecule has 0 bridgehead atoms. The maximum absolute atomic E-state index is 12.9. The first kappa shape index (κ1) is 18.7. The fourth-order valence-electron chi connectivity index (χ4n) is 2.86. The standard InChI is InChI=1S/C16H21N5O3S2/c1-5-20(6-2)26(22,23)15-11(3)18-21(12(15)4)9-14-17-16(19-24-14)13-7-8-25-10-13/h7-8,10H,5-6,9H2,1-4H3. The number of aryl methyl sites for hydroxylation is 1. The number of sulfonamides is 1. The predicted molar refractivity (Wildman–Crippen MR) is 98.5 cm³/mol. The molecule has 0 spiro atoms. The van der Waals surface area contributed by atoms with Gasteiger partial charge in [-0.05, 0) is 25.3 Å². The largest absolute Gasteiger partial charge is 0.337 e. The number of nitrogens with zero attached hydrogens (tertiary/aromatic N) is 5. The summed E-state index contributed by atoms with van der Waals surface area (Å²) in [6, 6.07) is 1.91. The lowest BCUT2D eigenvalue weighted by Gasteiger charge is -2.18. The van der Waals surface area contributed by atoms with E-state index < -0.39 is 10.0 Å². The SMILES string of the molecule is CCN(CC)S(=O)(=O)c1c(C)nn(Cc2nc(-c3ccsc3)no2)c1C. The average molecular weight is 396 g/mol. The van der Waals surface area contributed by atoms with E-state index in [0.29, 0.717) is 36.2 Å². The zero-order chi connectivity index (χ0) is 18.9. The van der Waals surface area contributed by atoms with Crippen LogP contribution in [0, 0.1) is 13.8 Å². The number of thiophene rings is 1. The highest BCUT2D eigenvalue weighted by molar-refractivity contribution is 7.89. The zero-order valence-electron chi connectivity index (χ0n) is 15.1. The van der Waals surface area contributed by atoms with Crippen LogP contribution in [0.25, 0.3) is 11.4 Å². The second kappa shape index (κ2) is 7.29. The van der Waals surface area contributed by atoms with Crippen LogP contribution in [-0.2, 0) is 16.6 Å². The molecule has 0 amide bonds. The second-order valence-corrected chi connectivity index (χ2v) is 8.43. The summed E-state index contributed by atoms with van der Waals surface area (Å²) >= 11 is 1.55. The Labute approximate surface area is 156 Å². The molecule has 140 valence electrons. The van der Waals surface area contributed by atoms with Crippen LogP contribution in [0.4, 0.5) is 0 Å². The van der Waals surface area contributed by atoms with E-state index in [-0.39, 0.29) is 11.4 Å². The quantitative estimate of drug-likeness (QED) is 0.610. The Kier molecular flexibility index (Phi) is 5.26. The van der Waals surface area contributed by atoms with E-state index in [1.54, 1.807) is 29.9 Å². The van der Waals surface area contributed by atoms with Crippen LogP contribution in [0.5, 0.6) is 0 Å². The summed E-state index contributed by atoms with van der Waals surface area (Å²) in [5.74, 6) is 0.891. The van der Waals surface area contributed by atoms with Crippen molar-refractivity contribution in [3.05, 3.63) is 34.1 Å². The molecule has 0 saturated carbocycles. The smallest absolute Gasteiger partial charge is 0.248 e. The van der Waals surface area contributed by atoms with Crippen molar-refractivity contribution in [1.29, 1.82) is 0 Å². The van der Waals surface area contributed by atoms with E-state index in [2.05, 4.69) is 15.2 Å². The van der Waals surface area contributed by atoms with E-state index >= 15 is 0 Å². The van der Waals surface area contributed by atoms with Crippen LogP contribution in [0.3, 0.4) is 0 Å². The minimum absolute atomic E-state index is 0.220. The number of aromatic nitrogens is 4. The molecule has 3 rings (SSSR count). The highest BCUT2D eigenvalue weighted by Crippen LogP contribution is 2.24. The highest BCUT2D eigenvalue weighted by atomic mass is 32.2. The molecule has 26 heavy (non-hydrogen) atoms. The van der Waals surface area contributed by atoms with Gasteiger partial charge in [-0.15, -0.1) is 0 Å². The van der Waals surface area contributed by atoms with Crippen molar-refractivity contribution in [3.63, 3.8) is 0 Å². The monoisotopic (exact) mass is 395 g/mol. The molecule has 0 N–H and O–H groups in total. The van der Waals surface area contributed by atoms with Gasteiger partial charge in [0.1, 0.15) is 11.4 Å². The van der Waals surface area contributed by atoms with Gasteiger partial charge in [0.25, 0.3) is 0 Å². The van der Waals surface area contributed by atoms with Crippen LogP contribution in [0.2, 0.25) is 0 Å². The Bertz CT molecular complexity index is 985. The molecule has 3 heterocycles. The normalized spacial score (nSPS) is 12.2. The van der Waals surface area contributed by atoms with Crippen molar-refractivity contribution in [2.24, 2.45) is 0 Å². The van der Waals surface area contributed by atoms with E-state index in [1.807, 2.05) is 30.7 Å². The third kappa shape index (κ3) is 3.31. The maximum atomic E-state index is 12.9. The molecule has 0 aliphatic rings. The van der Waals surface area contributed by atoms with Crippen molar-refractivity contribution < 1.29 is 12.9 Å². The Morgan fingerprint density at radius 1 is 1.27 bits per heavy atom. The number of hydrogen-bond donors (Lipinski definition) is 0. The average Bonchev–Trinajstić information content (AvgIpc) is 3.30. The molecular weight excluding hydrogens is 374 g/mol. The van der Waals surface area contributed by atoms with Crippen molar-refractivity contribution in [2.75, 3.05) is 13.1 Å². The van der Waals surface area contributed by atoms with Crippen molar-refractivity contribution in [1.82, 2.24) is 24.2 Å². The Balaban J connectivity index is 1.91. The Morgan fingerprint density at radius 2 is 2.00 bits per heavy atom. The summed E-state index contributed by atoms with van der Waals surface area (Å²) in [6.45, 7) is 8.13. The number of hydrogen-bond acceptors (Lipinski definition) is 7. The van der Waals surface area contributed by atoms with E-state index in [4.69, 9.17) is 4.52 Å². The molecule has 10 heteroatoms. The minimum atomic E-state index is -3.58. The first-order chi connectivity index (χ1) is 12.4. The molecule has 0 unspecified atom stereocenters. The first-order valence-electron chi connectivity index (χ1n) is 8.27. The molecule has 0 saturated heterocycles.